The molecule has 0 N–H and O–H groups in total. The van der Waals surface area contributed by atoms with Crippen LogP contribution in [0.2, 0.25) is 0 Å². The molecule has 0 atom stereocenters. The van der Waals surface area contributed by atoms with E-state index in [1.165, 1.54) is 7.11 Å². The zero-order valence-corrected chi connectivity index (χ0v) is 9.95. The van der Waals surface area contributed by atoms with Crippen molar-refractivity contribution in [2.75, 3.05) is 7.11 Å². The molecule has 3 aliphatic carbocycles. The standard InChI is InChI=1S/C10H11BrN2O2/c1-15-8(14)9-4-10(5-9,6-9)13-3-7(11)2-12-13/h2-3H,4-6H2,1H3. The van der Waals surface area contributed by atoms with Crippen molar-refractivity contribution in [2.24, 2.45) is 5.41 Å². The van der Waals surface area contributed by atoms with E-state index in [0.29, 0.717) is 0 Å². The van der Waals surface area contributed by atoms with Crippen LogP contribution in [0.4, 0.5) is 0 Å². The summed E-state index contributed by atoms with van der Waals surface area (Å²) in [5.41, 5.74) is -0.0899. The van der Waals surface area contributed by atoms with Gasteiger partial charge < -0.3 is 4.74 Å². The number of rotatable bonds is 2. The molecule has 1 aromatic heterocycles. The van der Waals surface area contributed by atoms with Crippen molar-refractivity contribution in [3.63, 3.8) is 0 Å². The number of nitrogens with zero attached hydrogens (tertiary/aromatic N) is 2. The first-order valence-electron chi connectivity index (χ1n) is 4.89. The van der Waals surface area contributed by atoms with Gasteiger partial charge in [0.2, 0.25) is 0 Å². The predicted octanol–water partition coefficient (Wildman–Crippen LogP) is 1.70. The first-order chi connectivity index (χ1) is 7.10. The summed E-state index contributed by atoms with van der Waals surface area (Å²) < 4.78 is 7.76. The molecule has 0 aromatic carbocycles. The highest BCUT2D eigenvalue weighted by Crippen LogP contribution is 2.71. The average molecular weight is 271 g/mol. The molecule has 15 heavy (non-hydrogen) atoms. The lowest BCUT2D eigenvalue weighted by molar-refractivity contribution is -0.219. The topological polar surface area (TPSA) is 44.1 Å². The molecule has 0 radical (unpaired) electrons. The van der Waals surface area contributed by atoms with Crippen LogP contribution in [-0.4, -0.2) is 22.9 Å². The van der Waals surface area contributed by atoms with E-state index in [-0.39, 0.29) is 16.9 Å². The van der Waals surface area contributed by atoms with Crippen molar-refractivity contribution in [2.45, 2.75) is 24.8 Å². The molecule has 1 aromatic rings. The van der Waals surface area contributed by atoms with Gasteiger partial charge in [-0.05, 0) is 35.2 Å². The van der Waals surface area contributed by atoms with Gasteiger partial charge in [-0.1, -0.05) is 0 Å². The zero-order valence-electron chi connectivity index (χ0n) is 8.36. The number of aromatic nitrogens is 2. The molecular formula is C10H11BrN2O2. The normalized spacial score (nSPS) is 36.7. The Morgan fingerprint density at radius 3 is 2.73 bits per heavy atom. The van der Waals surface area contributed by atoms with E-state index in [1.54, 1.807) is 6.20 Å². The van der Waals surface area contributed by atoms with Crippen LogP contribution >= 0.6 is 15.9 Å². The van der Waals surface area contributed by atoms with Gasteiger partial charge in [0.25, 0.3) is 0 Å². The minimum atomic E-state index is -0.187. The van der Waals surface area contributed by atoms with E-state index >= 15 is 0 Å². The van der Waals surface area contributed by atoms with Crippen LogP contribution in [0, 0.1) is 5.41 Å². The van der Waals surface area contributed by atoms with Crippen LogP contribution in [0.1, 0.15) is 19.3 Å². The number of carbonyl (C=O) groups is 1. The second-order valence-electron chi connectivity index (χ2n) is 4.63. The Morgan fingerprint density at radius 1 is 1.60 bits per heavy atom. The Kier molecular flexibility index (Phi) is 1.65. The minimum absolute atomic E-state index is 0.0596. The van der Waals surface area contributed by atoms with Gasteiger partial charge in [-0.15, -0.1) is 0 Å². The fourth-order valence-corrected chi connectivity index (χ4v) is 3.26. The van der Waals surface area contributed by atoms with E-state index < -0.39 is 0 Å². The second-order valence-corrected chi connectivity index (χ2v) is 5.55. The highest BCUT2D eigenvalue weighted by molar-refractivity contribution is 9.10. The molecule has 0 spiro atoms. The number of esters is 1. The van der Waals surface area contributed by atoms with Crippen molar-refractivity contribution < 1.29 is 9.53 Å². The maximum Gasteiger partial charge on any atom is 0.312 e. The van der Waals surface area contributed by atoms with Gasteiger partial charge in [-0.25, -0.2) is 0 Å². The molecule has 0 aliphatic heterocycles. The van der Waals surface area contributed by atoms with E-state index in [0.717, 1.165) is 23.7 Å². The van der Waals surface area contributed by atoms with Crippen LogP contribution in [0.5, 0.6) is 0 Å². The lowest BCUT2D eigenvalue weighted by atomic mass is 9.39. The van der Waals surface area contributed by atoms with Crippen molar-refractivity contribution in [1.82, 2.24) is 9.78 Å². The number of hydrogen-bond donors (Lipinski definition) is 0. The van der Waals surface area contributed by atoms with Gasteiger partial charge >= 0.3 is 5.97 Å². The average Bonchev–Trinajstić information content (AvgIpc) is 2.47. The Hall–Kier alpha value is -0.840. The Bertz CT molecular complexity index is 421. The molecule has 3 saturated carbocycles. The zero-order chi connectivity index (χ0) is 10.7. The lowest BCUT2D eigenvalue weighted by Crippen LogP contribution is -2.71. The van der Waals surface area contributed by atoms with Gasteiger partial charge in [-0.3, -0.25) is 9.48 Å². The van der Waals surface area contributed by atoms with Crippen molar-refractivity contribution >= 4 is 21.9 Å². The number of carbonyl (C=O) groups excluding carboxylic acids is 1. The smallest absolute Gasteiger partial charge is 0.312 e. The molecule has 4 nitrogen and oxygen atoms in total. The first kappa shape index (κ1) is 9.39. The van der Waals surface area contributed by atoms with Crippen LogP contribution in [0.3, 0.4) is 0 Å². The molecule has 80 valence electrons. The number of halogens is 1. The molecule has 3 fully saturated rings. The number of hydrogen-bond acceptors (Lipinski definition) is 3. The first-order valence-corrected chi connectivity index (χ1v) is 5.69. The van der Waals surface area contributed by atoms with Gasteiger partial charge in [-0.2, -0.15) is 5.10 Å². The molecule has 0 amide bonds. The molecule has 5 heteroatoms. The monoisotopic (exact) mass is 270 g/mol. The molecular weight excluding hydrogens is 260 g/mol. The maximum absolute atomic E-state index is 11.5. The summed E-state index contributed by atoms with van der Waals surface area (Å²) in [4.78, 5) is 11.5. The van der Waals surface area contributed by atoms with Gasteiger partial charge in [0, 0.05) is 6.20 Å². The molecule has 0 saturated heterocycles. The van der Waals surface area contributed by atoms with Crippen LogP contribution in [0.15, 0.2) is 16.9 Å². The summed E-state index contributed by atoms with van der Waals surface area (Å²) in [5, 5.41) is 4.28. The van der Waals surface area contributed by atoms with E-state index in [4.69, 9.17) is 4.74 Å². The predicted molar refractivity (Wildman–Crippen MR) is 56.2 cm³/mol. The Labute approximate surface area is 95.7 Å². The summed E-state index contributed by atoms with van der Waals surface area (Å²) >= 11 is 3.38. The molecule has 4 rings (SSSR count). The van der Waals surface area contributed by atoms with Gasteiger partial charge in [0.15, 0.2) is 0 Å². The molecule has 0 unspecified atom stereocenters. The van der Waals surface area contributed by atoms with E-state index in [2.05, 4.69) is 21.0 Å². The van der Waals surface area contributed by atoms with Crippen LogP contribution < -0.4 is 0 Å². The van der Waals surface area contributed by atoms with E-state index in [1.807, 2.05) is 10.9 Å². The fraction of sp³-hybridized carbons (Fsp3) is 0.600. The minimum Gasteiger partial charge on any atom is -0.469 e. The highest BCUT2D eigenvalue weighted by Gasteiger charge is 2.73. The van der Waals surface area contributed by atoms with Crippen LogP contribution in [0.25, 0.3) is 0 Å². The SMILES string of the molecule is COC(=O)C12CC(n3cc(Br)cn3)(C1)C2. The summed E-state index contributed by atoms with van der Waals surface area (Å²) in [7, 11) is 1.46. The third-order valence-corrected chi connectivity index (χ3v) is 4.07. The third-order valence-electron chi connectivity index (χ3n) is 3.66. The fourth-order valence-electron chi connectivity index (χ4n) is 2.97. The van der Waals surface area contributed by atoms with Crippen LogP contribution in [-0.2, 0) is 15.1 Å². The summed E-state index contributed by atoms with van der Waals surface area (Å²) in [5.74, 6) is -0.0596. The summed E-state index contributed by atoms with van der Waals surface area (Å²) in [6.07, 6.45) is 6.38. The molecule has 3 aliphatic rings. The third kappa shape index (κ3) is 1.02. The van der Waals surface area contributed by atoms with Gasteiger partial charge in [0.05, 0.1) is 28.7 Å². The van der Waals surface area contributed by atoms with Gasteiger partial charge in [0.1, 0.15) is 0 Å². The quantitative estimate of drug-likeness (QED) is 0.769. The Morgan fingerprint density at radius 2 is 2.27 bits per heavy atom. The maximum atomic E-state index is 11.5. The lowest BCUT2D eigenvalue weighted by Gasteiger charge is -2.67. The number of ether oxygens (including phenoxy) is 1. The summed E-state index contributed by atoms with van der Waals surface area (Å²) in [6, 6.07) is 0. The summed E-state index contributed by atoms with van der Waals surface area (Å²) in [6.45, 7) is 0. The largest absolute Gasteiger partial charge is 0.469 e. The molecule has 2 bridgehead atoms. The van der Waals surface area contributed by atoms with E-state index in [9.17, 15) is 4.79 Å². The van der Waals surface area contributed by atoms with Crippen molar-refractivity contribution in [1.29, 1.82) is 0 Å². The van der Waals surface area contributed by atoms with Crippen molar-refractivity contribution in [3.8, 4) is 0 Å². The Balaban J connectivity index is 1.78. The molecule has 1 heterocycles. The van der Waals surface area contributed by atoms with Crippen molar-refractivity contribution in [3.05, 3.63) is 16.9 Å². The highest BCUT2D eigenvalue weighted by atomic mass is 79.9. The second kappa shape index (κ2) is 2.64. The number of methoxy groups -OCH3 is 1.